The monoisotopic (exact) mass is 830 g/mol. The van der Waals surface area contributed by atoms with Crippen molar-refractivity contribution in [2.75, 3.05) is 0 Å². The molecule has 60 heavy (non-hydrogen) atoms. The van der Waals surface area contributed by atoms with E-state index in [1.807, 2.05) is 0 Å². The minimum atomic E-state index is -1.41. The molecule has 6 aliphatic heterocycles. The van der Waals surface area contributed by atoms with E-state index in [1.54, 1.807) is 55.4 Å². The quantitative estimate of drug-likeness (QED) is 0.313. The summed E-state index contributed by atoms with van der Waals surface area (Å²) in [6, 6.07) is 7.89. The van der Waals surface area contributed by atoms with Crippen LogP contribution in [0.5, 0.6) is 0 Å². The van der Waals surface area contributed by atoms with Gasteiger partial charge in [-0.3, -0.25) is 24.0 Å². The fourth-order valence-electron chi connectivity index (χ4n) is 9.47. The topological polar surface area (TPSA) is 218 Å². The van der Waals surface area contributed by atoms with Crippen LogP contribution in [0.4, 0.5) is 0 Å². The van der Waals surface area contributed by atoms with E-state index in [1.165, 1.54) is 36.4 Å². The lowest BCUT2D eigenvalue weighted by atomic mass is 9.92. The van der Waals surface area contributed by atoms with Crippen molar-refractivity contribution in [3.05, 3.63) is 80.9 Å². The van der Waals surface area contributed by atoms with Crippen LogP contribution in [0.3, 0.4) is 0 Å². The van der Waals surface area contributed by atoms with Crippen LogP contribution in [0, 0.1) is 0 Å². The van der Waals surface area contributed by atoms with Crippen LogP contribution in [0.15, 0.2) is 47.5 Å². The highest BCUT2D eigenvalue weighted by molar-refractivity contribution is 6.36. The standard InChI is InChI=1S/C43H42O17/c1-40(2)53-32-30(51-38-36(34(32)55-40)57-42(5,6)59-38)28(49)21-24(45)17-11-9-15(13-19(17)26(21)47)23(44)16-10-12-18-20(14-16)27(48)22(25(18)46)29(50)31-33-35(56-41(3,4)54-33)37-39(52-31)60-43(7,8)58-37/h9-14,30-39,47-48H,1-8H3/t30-,31-,32+,33+,34-,35-,36+,37+,38+,39+/m0/s1. The Morgan fingerprint density at radius 3 is 1.18 bits per heavy atom. The highest BCUT2D eigenvalue weighted by atomic mass is 16.9. The molecule has 6 saturated heterocycles. The molecule has 2 aliphatic carbocycles. The van der Waals surface area contributed by atoms with Crippen LogP contribution in [-0.2, 0) is 57.0 Å². The van der Waals surface area contributed by atoms with E-state index in [4.69, 9.17) is 47.4 Å². The zero-order valence-electron chi connectivity index (χ0n) is 33.8. The average molecular weight is 831 g/mol. The first kappa shape index (κ1) is 39.6. The minimum absolute atomic E-state index is 0.00887. The van der Waals surface area contributed by atoms with Gasteiger partial charge in [0.2, 0.25) is 23.1 Å². The van der Waals surface area contributed by atoms with E-state index in [-0.39, 0.29) is 33.4 Å². The van der Waals surface area contributed by atoms with Crippen LogP contribution in [0.1, 0.15) is 103 Å². The van der Waals surface area contributed by atoms with E-state index in [9.17, 15) is 34.2 Å². The predicted octanol–water partition coefficient (Wildman–Crippen LogP) is 3.78. The van der Waals surface area contributed by atoms with E-state index < -0.39 is 136 Å². The number of hydrogen-bond donors (Lipinski definition) is 2. The number of aliphatic hydroxyl groups excluding tert-OH is 2. The SMILES string of the molecule is CC1(C)O[C@H]2O[C@@H](C(=O)C3=C(O)c4cc(C(=O)c5ccc6c(c5)C(O)=C(C(=O)[C@@H]5O[C@@H]7OC(C)(C)O[C@@H]7[C@H]7OC(C)(C)O[C@@H]75)C6=O)ccc4C3=O)[C@H]3OC(C)(C)O[C@@H]3[C@H]2O1. The van der Waals surface area contributed by atoms with E-state index >= 15 is 0 Å². The largest absolute Gasteiger partial charge is 0.506 e. The van der Waals surface area contributed by atoms with Gasteiger partial charge in [0.05, 0.1) is 0 Å². The van der Waals surface area contributed by atoms with Crippen molar-refractivity contribution in [3.63, 3.8) is 0 Å². The summed E-state index contributed by atoms with van der Waals surface area (Å²) in [7, 11) is 0. The third-order valence-electron chi connectivity index (χ3n) is 11.8. The molecule has 0 amide bonds. The number of ketones is 5. The van der Waals surface area contributed by atoms with Crippen LogP contribution >= 0.6 is 0 Å². The van der Waals surface area contributed by atoms with Gasteiger partial charge in [0.1, 0.15) is 59.3 Å². The third-order valence-corrected chi connectivity index (χ3v) is 11.8. The maximum atomic E-state index is 14.2. The Labute approximate surface area is 342 Å². The highest BCUT2D eigenvalue weighted by Gasteiger charge is 2.64. The van der Waals surface area contributed by atoms with Crippen molar-refractivity contribution in [2.24, 2.45) is 0 Å². The van der Waals surface area contributed by atoms with Crippen molar-refractivity contribution < 1.29 is 81.6 Å². The van der Waals surface area contributed by atoms with Crippen molar-refractivity contribution in [2.45, 2.75) is 140 Å². The third kappa shape index (κ3) is 5.94. The molecule has 0 saturated carbocycles. The Morgan fingerprint density at radius 1 is 0.467 bits per heavy atom. The molecule has 17 nitrogen and oxygen atoms in total. The van der Waals surface area contributed by atoms with Gasteiger partial charge >= 0.3 is 0 Å². The number of ether oxygens (including phenoxy) is 10. The maximum Gasteiger partial charge on any atom is 0.202 e. The average Bonchev–Trinajstić information content (AvgIpc) is 3.97. The molecule has 8 aliphatic rings. The molecule has 10 rings (SSSR count). The summed E-state index contributed by atoms with van der Waals surface area (Å²) in [5.41, 5.74) is -1.26. The summed E-state index contributed by atoms with van der Waals surface area (Å²) in [5, 5.41) is 22.9. The molecular weight excluding hydrogens is 788 g/mol. The first-order chi connectivity index (χ1) is 28.0. The Balaban J connectivity index is 0.919. The summed E-state index contributed by atoms with van der Waals surface area (Å²) in [5.74, 6) is -9.58. The second kappa shape index (κ2) is 12.8. The number of fused-ring (bicyclic) bond motifs is 8. The zero-order valence-corrected chi connectivity index (χ0v) is 33.8. The van der Waals surface area contributed by atoms with Gasteiger partial charge in [-0.2, -0.15) is 0 Å². The molecule has 316 valence electrons. The number of hydrogen-bond acceptors (Lipinski definition) is 17. The molecule has 0 bridgehead atoms. The van der Waals surface area contributed by atoms with Crippen molar-refractivity contribution in [1.29, 1.82) is 0 Å². The minimum Gasteiger partial charge on any atom is -0.506 e. The lowest BCUT2D eigenvalue weighted by molar-refractivity contribution is -0.229. The number of benzene rings is 2. The molecule has 0 spiro atoms. The lowest BCUT2D eigenvalue weighted by Gasteiger charge is -2.36. The number of aliphatic hydroxyl groups is 2. The number of carbonyl (C=O) groups excluding carboxylic acids is 5. The second-order valence-corrected chi connectivity index (χ2v) is 17.9. The van der Waals surface area contributed by atoms with Gasteiger partial charge < -0.3 is 57.6 Å². The van der Waals surface area contributed by atoms with Gasteiger partial charge in [0.15, 0.2) is 53.7 Å². The van der Waals surface area contributed by atoms with Crippen molar-refractivity contribution in [1.82, 2.24) is 0 Å². The maximum absolute atomic E-state index is 14.2. The molecule has 0 unspecified atom stereocenters. The van der Waals surface area contributed by atoms with Crippen molar-refractivity contribution in [3.8, 4) is 0 Å². The number of rotatable bonds is 6. The first-order valence-corrected chi connectivity index (χ1v) is 19.6. The molecule has 2 aromatic rings. The van der Waals surface area contributed by atoms with Crippen LogP contribution < -0.4 is 0 Å². The summed E-state index contributed by atoms with van der Waals surface area (Å²) < 4.78 is 60.2. The van der Waals surface area contributed by atoms with E-state index in [0.29, 0.717) is 0 Å². The molecule has 17 heteroatoms. The summed E-state index contributed by atoms with van der Waals surface area (Å²) >= 11 is 0. The molecule has 0 radical (unpaired) electrons. The Hall–Kier alpha value is -4.53. The van der Waals surface area contributed by atoms with Gasteiger partial charge in [0.25, 0.3) is 0 Å². The molecule has 2 aromatic carbocycles. The first-order valence-electron chi connectivity index (χ1n) is 19.6. The molecular formula is C43H42O17. The molecule has 2 N–H and O–H groups in total. The van der Waals surface area contributed by atoms with E-state index in [2.05, 4.69) is 0 Å². The lowest BCUT2D eigenvalue weighted by Crippen LogP contribution is -2.57. The normalized spacial score (nSPS) is 36.1. The van der Waals surface area contributed by atoms with Gasteiger partial charge in [-0.15, -0.1) is 0 Å². The highest BCUT2D eigenvalue weighted by Crippen LogP contribution is 2.48. The molecule has 10 atom stereocenters. The Morgan fingerprint density at radius 2 is 0.800 bits per heavy atom. The Bertz CT molecular complexity index is 2240. The predicted molar refractivity (Wildman–Crippen MR) is 199 cm³/mol. The molecule has 6 heterocycles. The molecule has 0 aromatic heterocycles. The fourth-order valence-corrected chi connectivity index (χ4v) is 9.47. The van der Waals surface area contributed by atoms with Gasteiger partial charge in [0, 0.05) is 33.4 Å². The van der Waals surface area contributed by atoms with Crippen LogP contribution in [0.25, 0.3) is 11.5 Å². The second-order valence-electron chi connectivity index (χ2n) is 17.9. The van der Waals surface area contributed by atoms with Gasteiger partial charge in [-0.1, -0.05) is 12.1 Å². The van der Waals surface area contributed by atoms with Gasteiger partial charge in [-0.25, -0.2) is 0 Å². The van der Waals surface area contributed by atoms with Gasteiger partial charge in [-0.05, 0) is 79.7 Å². The van der Waals surface area contributed by atoms with E-state index in [0.717, 1.165) is 0 Å². The Kier molecular flexibility index (Phi) is 8.42. The fraction of sp³-hybridized carbons (Fsp3) is 0.512. The number of carbonyl (C=O) groups is 5. The smallest absolute Gasteiger partial charge is 0.202 e. The summed E-state index contributed by atoms with van der Waals surface area (Å²) in [4.78, 5) is 69.8. The van der Waals surface area contributed by atoms with Crippen LogP contribution in [0.2, 0.25) is 0 Å². The van der Waals surface area contributed by atoms with Crippen molar-refractivity contribution >= 4 is 40.4 Å². The summed E-state index contributed by atoms with van der Waals surface area (Å²) in [6.07, 6.45) is -9.94. The number of Topliss-reactive ketones (excluding diaryl/α,β-unsaturated/α-hetero) is 4. The summed E-state index contributed by atoms with van der Waals surface area (Å²) in [6.45, 7) is 13.4. The van der Waals surface area contributed by atoms with Crippen LogP contribution in [-0.4, -0.2) is 124 Å². The molecule has 6 fully saturated rings. The zero-order chi connectivity index (χ0) is 42.7.